The number of hydrogen-bond donors (Lipinski definition) is 2. The van der Waals surface area contributed by atoms with Gasteiger partial charge in [-0.15, -0.1) is 0 Å². The van der Waals surface area contributed by atoms with Crippen LogP contribution in [0.1, 0.15) is 31.7 Å². The van der Waals surface area contributed by atoms with Crippen molar-refractivity contribution in [3.63, 3.8) is 0 Å². The first-order valence-electron chi connectivity index (χ1n) is 11.9. The molecule has 2 saturated heterocycles. The number of alkyl halides is 3. The molecule has 3 heterocycles. The number of halogens is 3. The summed E-state index contributed by atoms with van der Waals surface area (Å²) in [6, 6.07) is 8.35. The van der Waals surface area contributed by atoms with Crippen LogP contribution in [0, 0.1) is 5.92 Å². The van der Waals surface area contributed by atoms with E-state index in [4.69, 9.17) is 10.5 Å². The number of nitrogen functional groups attached to an aromatic ring is 1. The second-order valence-corrected chi connectivity index (χ2v) is 11.5. The number of aliphatic hydroxyl groups is 1. The Balaban J connectivity index is 1.59. The third-order valence-electron chi connectivity index (χ3n) is 7.10. The van der Waals surface area contributed by atoms with Crippen LogP contribution in [0.3, 0.4) is 0 Å². The number of nitrogens with zero attached hydrogens (tertiary/aromatic N) is 3. The average molecular weight is 529 g/mol. The zero-order chi connectivity index (χ0) is 26.1. The molecule has 0 bridgehead atoms. The van der Waals surface area contributed by atoms with Crippen molar-refractivity contribution in [2.24, 2.45) is 5.92 Å². The van der Waals surface area contributed by atoms with E-state index in [0.29, 0.717) is 31.4 Å². The topological polar surface area (TPSA) is 109 Å². The van der Waals surface area contributed by atoms with Crippen molar-refractivity contribution in [1.29, 1.82) is 0 Å². The molecule has 1 unspecified atom stereocenters. The van der Waals surface area contributed by atoms with E-state index in [1.54, 1.807) is 12.1 Å². The highest BCUT2D eigenvalue weighted by Gasteiger charge is 2.51. The summed E-state index contributed by atoms with van der Waals surface area (Å²) in [6.07, 6.45) is -1.11. The molecule has 2 atom stereocenters. The molecule has 0 saturated carbocycles. The highest BCUT2D eigenvalue weighted by molar-refractivity contribution is 7.89. The Hall–Kier alpha value is -2.41. The van der Waals surface area contributed by atoms with Gasteiger partial charge in [0.25, 0.3) is 0 Å². The van der Waals surface area contributed by atoms with Gasteiger partial charge >= 0.3 is 6.18 Å². The molecule has 2 aliphatic heterocycles. The lowest BCUT2D eigenvalue weighted by atomic mass is 9.90. The van der Waals surface area contributed by atoms with Crippen LogP contribution in [0.15, 0.2) is 47.5 Å². The predicted octanol–water partition coefficient (Wildman–Crippen LogP) is 3.13. The number of sulfonamides is 1. The van der Waals surface area contributed by atoms with Crippen LogP contribution >= 0.6 is 0 Å². The molecule has 1 aromatic heterocycles. The van der Waals surface area contributed by atoms with Crippen molar-refractivity contribution in [2.45, 2.75) is 48.9 Å². The fraction of sp³-hybridized carbons (Fsp3) is 0.542. The van der Waals surface area contributed by atoms with E-state index >= 15 is 0 Å². The summed E-state index contributed by atoms with van der Waals surface area (Å²) in [5, 5.41) is 10.0. The number of rotatable bonds is 6. The fourth-order valence-electron chi connectivity index (χ4n) is 4.79. The maximum Gasteiger partial charge on any atom is 0.421 e. The van der Waals surface area contributed by atoms with Gasteiger partial charge in [-0.3, -0.25) is 0 Å². The standard InChI is InChI=1S/C24H31F3N4O4S/c1-23(32,24(25,26)27)18-2-4-19(5-3-18)31-11-10-30(16-20(31)14-17-8-12-35-13-9-17)36(33,34)21-6-7-22(28)29-15-21/h2-7,15,17,20,32H,8-14,16H2,1H3,(H2,28,29)/t20-,23?/m0/s1. The van der Waals surface area contributed by atoms with Crippen molar-refractivity contribution in [3.8, 4) is 0 Å². The lowest BCUT2D eigenvalue weighted by Gasteiger charge is -2.44. The van der Waals surface area contributed by atoms with E-state index in [-0.39, 0.29) is 35.4 Å². The van der Waals surface area contributed by atoms with Crippen LogP contribution in [0.2, 0.25) is 0 Å². The minimum atomic E-state index is -4.81. The van der Waals surface area contributed by atoms with E-state index in [0.717, 1.165) is 26.2 Å². The Kier molecular flexibility index (Phi) is 7.52. The Morgan fingerprint density at radius 3 is 2.36 bits per heavy atom. The molecule has 198 valence electrons. The van der Waals surface area contributed by atoms with E-state index in [2.05, 4.69) is 9.88 Å². The highest BCUT2D eigenvalue weighted by atomic mass is 32.2. The molecule has 36 heavy (non-hydrogen) atoms. The monoisotopic (exact) mass is 528 g/mol. The normalized spacial score (nSPS) is 22.4. The fourth-order valence-corrected chi connectivity index (χ4v) is 6.20. The van der Waals surface area contributed by atoms with Gasteiger partial charge in [-0.2, -0.15) is 17.5 Å². The molecule has 8 nitrogen and oxygen atoms in total. The van der Waals surface area contributed by atoms with Crippen LogP contribution in [-0.2, 0) is 20.4 Å². The maximum absolute atomic E-state index is 13.3. The van der Waals surface area contributed by atoms with Gasteiger partial charge < -0.3 is 20.5 Å². The molecule has 3 N–H and O–H groups in total. The predicted molar refractivity (Wildman–Crippen MR) is 129 cm³/mol. The number of ether oxygens (including phenoxy) is 1. The third-order valence-corrected chi connectivity index (χ3v) is 8.95. The van der Waals surface area contributed by atoms with E-state index in [1.807, 2.05) is 0 Å². The van der Waals surface area contributed by atoms with Crippen LogP contribution in [0.5, 0.6) is 0 Å². The summed E-state index contributed by atoms with van der Waals surface area (Å²) in [5.41, 5.74) is 3.07. The van der Waals surface area contributed by atoms with Gasteiger partial charge in [-0.25, -0.2) is 13.4 Å². The number of aromatic nitrogens is 1. The summed E-state index contributed by atoms with van der Waals surface area (Å²) in [7, 11) is -3.79. The van der Waals surface area contributed by atoms with E-state index in [9.17, 15) is 26.7 Å². The summed E-state index contributed by atoms with van der Waals surface area (Å²) in [5.74, 6) is 0.571. The van der Waals surface area contributed by atoms with E-state index in [1.165, 1.54) is 34.8 Å². The van der Waals surface area contributed by atoms with Crippen LogP contribution in [0.4, 0.5) is 24.7 Å². The molecular weight excluding hydrogens is 497 g/mol. The number of anilines is 2. The molecule has 1 aromatic carbocycles. The molecule has 0 amide bonds. The molecule has 0 spiro atoms. The highest BCUT2D eigenvalue weighted by Crippen LogP contribution is 2.39. The molecule has 2 fully saturated rings. The molecule has 12 heteroatoms. The number of hydrogen-bond acceptors (Lipinski definition) is 7. The number of pyridine rings is 1. The minimum Gasteiger partial charge on any atom is -0.384 e. The van der Waals surface area contributed by atoms with Crippen molar-refractivity contribution in [2.75, 3.05) is 43.5 Å². The van der Waals surface area contributed by atoms with Gasteiger partial charge in [0.2, 0.25) is 10.0 Å². The van der Waals surface area contributed by atoms with Gasteiger partial charge in [0, 0.05) is 50.8 Å². The molecule has 4 rings (SSSR count). The lowest BCUT2D eigenvalue weighted by Crippen LogP contribution is -2.55. The van der Waals surface area contributed by atoms with Crippen LogP contribution < -0.4 is 10.6 Å². The molecule has 2 aliphatic rings. The largest absolute Gasteiger partial charge is 0.421 e. The van der Waals surface area contributed by atoms with Gasteiger partial charge in [0.1, 0.15) is 10.7 Å². The van der Waals surface area contributed by atoms with Crippen molar-refractivity contribution in [1.82, 2.24) is 9.29 Å². The summed E-state index contributed by atoms with van der Waals surface area (Å²) >= 11 is 0. The Morgan fingerprint density at radius 2 is 1.78 bits per heavy atom. The summed E-state index contributed by atoms with van der Waals surface area (Å²) < 4.78 is 73.3. The Labute approximate surface area is 208 Å². The first kappa shape index (κ1) is 26.6. The summed E-state index contributed by atoms with van der Waals surface area (Å²) in [4.78, 5) is 6.02. The smallest absolute Gasteiger partial charge is 0.384 e. The molecule has 0 radical (unpaired) electrons. The second kappa shape index (κ2) is 10.2. The third kappa shape index (κ3) is 5.46. The first-order valence-corrected chi connectivity index (χ1v) is 13.3. The number of nitrogens with two attached hydrogens (primary N) is 1. The lowest BCUT2D eigenvalue weighted by molar-refractivity contribution is -0.258. The number of benzene rings is 1. The zero-order valence-electron chi connectivity index (χ0n) is 20.0. The van der Waals surface area contributed by atoms with Gasteiger partial charge in [-0.05, 0) is 61.9 Å². The second-order valence-electron chi connectivity index (χ2n) is 9.54. The van der Waals surface area contributed by atoms with Gasteiger partial charge in [0.15, 0.2) is 5.60 Å². The summed E-state index contributed by atoms with van der Waals surface area (Å²) in [6.45, 7) is 2.83. The van der Waals surface area contributed by atoms with Gasteiger partial charge in [0.05, 0.1) is 0 Å². The van der Waals surface area contributed by atoms with Crippen LogP contribution in [-0.4, -0.2) is 67.9 Å². The maximum atomic E-state index is 13.3. The van der Waals surface area contributed by atoms with Crippen molar-refractivity contribution >= 4 is 21.5 Å². The van der Waals surface area contributed by atoms with Gasteiger partial charge in [-0.1, -0.05) is 12.1 Å². The minimum absolute atomic E-state index is 0.0636. The SMILES string of the molecule is CC(O)(c1ccc(N2CCN(S(=O)(=O)c3ccc(N)nc3)C[C@@H]2CC2CCOCC2)cc1)C(F)(F)F. The molecule has 0 aliphatic carbocycles. The molecular formula is C24H31F3N4O4S. The zero-order valence-corrected chi connectivity index (χ0v) is 20.8. The molecule has 2 aromatic rings. The Morgan fingerprint density at radius 1 is 1.11 bits per heavy atom. The van der Waals surface area contributed by atoms with Crippen molar-refractivity contribution in [3.05, 3.63) is 48.2 Å². The van der Waals surface area contributed by atoms with E-state index < -0.39 is 21.8 Å². The number of piperazine rings is 1. The Bertz CT molecular complexity index is 1140. The van der Waals surface area contributed by atoms with Crippen molar-refractivity contribution < 1.29 is 31.4 Å². The first-order chi connectivity index (χ1) is 16.9. The average Bonchev–Trinajstić information content (AvgIpc) is 2.84. The quantitative estimate of drug-likeness (QED) is 0.593. The van der Waals surface area contributed by atoms with Crippen LogP contribution in [0.25, 0.3) is 0 Å².